The van der Waals surface area contributed by atoms with Crippen molar-refractivity contribution in [1.29, 1.82) is 0 Å². The molecule has 1 amide bonds. The van der Waals surface area contributed by atoms with Crippen LogP contribution in [-0.2, 0) is 16.0 Å². The molecule has 134 valence electrons. The van der Waals surface area contributed by atoms with Gasteiger partial charge in [0.2, 0.25) is 5.91 Å². The summed E-state index contributed by atoms with van der Waals surface area (Å²) in [5, 5.41) is 0. The van der Waals surface area contributed by atoms with Crippen LogP contribution >= 0.6 is 12.4 Å². The van der Waals surface area contributed by atoms with Gasteiger partial charge in [-0.25, -0.2) is 0 Å². The van der Waals surface area contributed by atoms with Crippen molar-refractivity contribution >= 4 is 18.3 Å². The molecule has 1 aliphatic heterocycles. The summed E-state index contributed by atoms with van der Waals surface area (Å²) in [6, 6.07) is 9.55. The minimum Gasteiger partial charge on any atom is -0.375 e. The zero-order chi connectivity index (χ0) is 16.1. The van der Waals surface area contributed by atoms with Gasteiger partial charge in [-0.1, -0.05) is 43.2 Å². The number of likely N-dealkylation sites (tertiary alicyclic amines) is 1. The molecule has 1 saturated carbocycles. The summed E-state index contributed by atoms with van der Waals surface area (Å²) >= 11 is 0. The van der Waals surface area contributed by atoms with Crippen molar-refractivity contribution in [1.82, 2.24) is 4.90 Å². The van der Waals surface area contributed by atoms with Crippen LogP contribution in [0.15, 0.2) is 30.3 Å². The SMILES string of the molecule is Cl.N[C@@H](Cc1ccccc1)C(=O)N1CCC(OC2CCCC2)CC1. The average Bonchev–Trinajstić information content (AvgIpc) is 3.09. The number of halogens is 1. The van der Waals surface area contributed by atoms with E-state index in [9.17, 15) is 4.79 Å². The van der Waals surface area contributed by atoms with E-state index in [-0.39, 0.29) is 18.3 Å². The molecule has 0 radical (unpaired) electrons. The minimum absolute atomic E-state index is 0. The number of nitrogens with two attached hydrogens (primary N) is 1. The Hall–Kier alpha value is -1.10. The van der Waals surface area contributed by atoms with Gasteiger partial charge in [0.25, 0.3) is 0 Å². The van der Waals surface area contributed by atoms with Crippen molar-refractivity contribution in [3.8, 4) is 0 Å². The Kier molecular flexibility index (Phi) is 7.53. The number of amides is 1. The van der Waals surface area contributed by atoms with Gasteiger partial charge in [0.1, 0.15) is 0 Å². The van der Waals surface area contributed by atoms with Crippen molar-refractivity contribution in [2.75, 3.05) is 13.1 Å². The fraction of sp³-hybridized carbons (Fsp3) is 0.632. The molecule has 1 heterocycles. The van der Waals surface area contributed by atoms with Gasteiger partial charge in [0, 0.05) is 13.1 Å². The maximum atomic E-state index is 12.5. The molecule has 4 nitrogen and oxygen atoms in total. The minimum atomic E-state index is -0.440. The van der Waals surface area contributed by atoms with Crippen LogP contribution < -0.4 is 5.73 Å². The molecule has 0 bridgehead atoms. The largest absolute Gasteiger partial charge is 0.375 e. The quantitative estimate of drug-likeness (QED) is 0.886. The second kappa shape index (κ2) is 9.40. The average molecular weight is 353 g/mol. The van der Waals surface area contributed by atoms with E-state index in [0.29, 0.717) is 18.6 Å². The molecule has 1 atom stereocenters. The van der Waals surface area contributed by atoms with Crippen LogP contribution in [0.25, 0.3) is 0 Å². The van der Waals surface area contributed by atoms with Crippen LogP contribution in [-0.4, -0.2) is 42.1 Å². The Labute approximate surface area is 151 Å². The second-order valence-corrected chi connectivity index (χ2v) is 6.86. The molecule has 3 rings (SSSR count). The monoisotopic (exact) mass is 352 g/mol. The van der Waals surface area contributed by atoms with E-state index in [2.05, 4.69) is 0 Å². The number of carbonyl (C=O) groups excluding carboxylic acids is 1. The number of piperidine rings is 1. The Morgan fingerprint density at radius 1 is 1.08 bits per heavy atom. The number of rotatable bonds is 5. The van der Waals surface area contributed by atoms with Crippen molar-refractivity contribution in [3.05, 3.63) is 35.9 Å². The van der Waals surface area contributed by atoms with Crippen LogP contribution in [0.3, 0.4) is 0 Å². The number of benzene rings is 1. The first kappa shape index (κ1) is 19.2. The van der Waals surface area contributed by atoms with E-state index in [1.54, 1.807) is 0 Å². The number of hydrogen-bond acceptors (Lipinski definition) is 3. The number of nitrogens with zero attached hydrogens (tertiary/aromatic N) is 1. The third-order valence-corrected chi connectivity index (χ3v) is 5.06. The predicted molar refractivity (Wildman–Crippen MR) is 98.3 cm³/mol. The highest BCUT2D eigenvalue weighted by Gasteiger charge is 2.28. The van der Waals surface area contributed by atoms with Gasteiger partial charge in [-0.05, 0) is 37.7 Å². The van der Waals surface area contributed by atoms with E-state index in [1.807, 2.05) is 35.2 Å². The molecule has 0 unspecified atom stereocenters. The molecule has 24 heavy (non-hydrogen) atoms. The van der Waals surface area contributed by atoms with Crippen LogP contribution in [0.5, 0.6) is 0 Å². The van der Waals surface area contributed by atoms with Crippen LogP contribution in [0.4, 0.5) is 0 Å². The molecular weight excluding hydrogens is 324 g/mol. The van der Waals surface area contributed by atoms with Gasteiger partial charge >= 0.3 is 0 Å². The molecule has 1 saturated heterocycles. The maximum absolute atomic E-state index is 12.5. The lowest BCUT2D eigenvalue weighted by atomic mass is 10.0. The standard InChI is InChI=1S/C19H28N2O2.ClH/c20-18(14-15-6-2-1-3-7-15)19(22)21-12-10-17(11-13-21)23-16-8-4-5-9-16;/h1-3,6-7,16-18H,4-5,8-14,20H2;1H/t18-;/m0./s1. The lowest BCUT2D eigenvalue weighted by Crippen LogP contribution is -2.49. The molecule has 1 aromatic carbocycles. The molecule has 1 aromatic rings. The topological polar surface area (TPSA) is 55.6 Å². The zero-order valence-electron chi connectivity index (χ0n) is 14.2. The van der Waals surface area contributed by atoms with Crippen molar-refractivity contribution in [3.63, 3.8) is 0 Å². The highest BCUT2D eigenvalue weighted by atomic mass is 35.5. The van der Waals surface area contributed by atoms with E-state index in [0.717, 1.165) is 31.5 Å². The van der Waals surface area contributed by atoms with E-state index in [4.69, 9.17) is 10.5 Å². The fourth-order valence-corrected chi connectivity index (χ4v) is 3.70. The Bertz CT molecular complexity index is 497. The lowest BCUT2D eigenvalue weighted by Gasteiger charge is -2.34. The third kappa shape index (κ3) is 5.20. The predicted octanol–water partition coefficient (Wildman–Crippen LogP) is 2.93. The van der Waals surface area contributed by atoms with Crippen molar-refractivity contribution in [2.24, 2.45) is 5.73 Å². The van der Waals surface area contributed by atoms with Gasteiger partial charge in [-0.2, -0.15) is 0 Å². The highest BCUT2D eigenvalue weighted by Crippen LogP contribution is 2.25. The molecule has 0 aromatic heterocycles. The summed E-state index contributed by atoms with van der Waals surface area (Å²) in [6.45, 7) is 1.55. The number of hydrogen-bond donors (Lipinski definition) is 1. The normalized spacial score (nSPS) is 20.6. The number of carbonyl (C=O) groups is 1. The van der Waals surface area contributed by atoms with E-state index < -0.39 is 6.04 Å². The summed E-state index contributed by atoms with van der Waals surface area (Å²) in [6.07, 6.45) is 8.31. The molecule has 1 aliphatic carbocycles. The van der Waals surface area contributed by atoms with Crippen LogP contribution in [0.2, 0.25) is 0 Å². The van der Waals surface area contributed by atoms with E-state index in [1.165, 1.54) is 25.7 Å². The summed E-state index contributed by atoms with van der Waals surface area (Å²) in [7, 11) is 0. The summed E-state index contributed by atoms with van der Waals surface area (Å²) in [4.78, 5) is 14.4. The van der Waals surface area contributed by atoms with Gasteiger partial charge in [-0.15, -0.1) is 12.4 Å². The highest BCUT2D eigenvalue weighted by molar-refractivity contribution is 5.85. The smallest absolute Gasteiger partial charge is 0.239 e. The lowest BCUT2D eigenvalue weighted by molar-refractivity contribution is -0.136. The Balaban J connectivity index is 0.00000208. The second-order valence-electron chi connectivity index (χ2n) is 6.86. The first-order valence-electron chi connectivity index (χ1n) is 8.96. The van der Waals surface area contributed by atoms with Gasteiger partial charge in [-0.3, -0.25) is 4.79 Å². The van der Waals surface area contributed by atoms with Gasteiger partial charge in [0.15, 0.2) is 0 Å². The molecule has 2 N–H and O–H groups in total. The Morgan fingerprint density at radius 3 is 2.29 bits per heavy atom. The van der Waals surface area contributed by atoms with Crippen LogP contribution in [0.1, 0.15) is 44.1 Å². The molecule has 5 heteroatoms. The molecular formula is C19H29ClN2O2. The summed E-state index contributed by atoms with van der Waals surface area (Å²) in [5.74, 6) is 0.0770. The molecule has 2 fully saturated rings. The first-order chi connectivity index (χ1) is 11.2. The third-order valence-electron chi connectivity index (χ3n) is 5.06. The van der Waals surface area contributed by atoms with Crippen LogP contribution in [0, 0.1) is 0 Å². The van der Waals surface area contributed by atoms with E-state index >= 15 is 0 Å². The van der Waals surface area contributed by atoms with Crippen molar-refractivity contribution in [2.45, 2.75) is 63.2 Å². The van der Waals surface area contributed by atoms with Crippen molar-refractivity contribution < 1.29 is 9.53 Å². The number of ether oxygens (including phenoxy) is 1. The summed E-state index contributed by atoms with van der Waals surface area (Å²) < 4.78 is 6.17. The van der Waals surface area contributed by atoms with Gasteiger partial charge < -0.3 is 15.4 Å². The summed E-state index contributed by atoms with van der Waals surface area (Å²) in [5.41, 5.74) is 7.24. The Morgan fingerprint density at radius 2 is 1.67 bits per heavy atom. The molecule has 2 aliphatic rings. The maximum Gasteiger partial charge on any atom is 0.239 e. The zero-order valence-corrected chi connectivity index (χ0v) is 15.0. The first-order valence-corrected chi connectivity index (χ1v) is 8.96. The van der Waals surface area contributed by atoms with Gasteiger partial charge in [0.05, 0.1) is 18.2 Å². The molecule has 0 spiro atoms. The fourth-order valence-electron chi connectivity index (χ4n) is 3.70.